The third-order valence-corrected chi connectivity index (χ3v) is 2.35. The fourth-order valence-electron chi connectivity index (χ4n) is 1.55. The van der Waals surface area contributed by atoms with Crippen LogP contribution in [0.15, 0.2) is 12.4 Å². The van der Waals surface area contributed by atoms with Crippen LogP contribution in [0.2, 0.25) is 0 Å². The van der Waals surface area contributed by atoms with Gasteiger partial charge in [0.05, 0.1) is 5.69 Å². The molecular weight excluding hydrogens is 188 g/mol. The Morgan fingerprint density at radius 3 is 2.53 bits per heavy atom. The van der Waals surface area contributed by atoms with Crippen molar-refractivity contribution in [2.75, 3.05) is 18.0 Å². The standard InChI is InChI=1S/C11H20N4/c1-9(2)15(8-4-5-12)11-10(3)13-6-7-14-11/h6-7,9H,4-5,8,12H2,1-3H3. The normalized spacial score (nSPS) is 10.7. The highest BCUT2D eigenvalue weighted by Gasteiger charge is 2.13. The molecule has 1 rings (SSSR count). The molecule has 0 saturated carbocycles. The largest absolute Gasteiger partial charge is 0.353 e. The van der Waals surface area contributed by atoms with Crippen molar-refractivity contribution in [3.8, 4) is 0 Å². The Kier molecular flexibility index (Phi) is 4.49. The highest BCUT2D eigenvalue weighted by Crippen LogP contribution is 2.16. The van der Waals surface area contributed by atoms with Gasteiger partial charge < -0.3 is 10.6 Å². The number of hydrogen-bond donors (Lipinski definition) is 1. The first-order valence-corrected chi connectivity index (χ1v) is 5.41. The Morgan fingerprint density at radius 1 is 1.33 bits per heavy atom. The SMILES string of the molecule is Cc1nccnc1N(CCCN)C(C)C. The van der Waals surface area contributed by atoms with E-state index in [2.05, 4.69) is 28.7 Å². The molecule has 0 amide bonds. The summed E-state index contributed by atoms with van der Waals surface area (Å²) in [5, 5.41) is 0. The molecule has 0 aliphatic rings. The van der Waals surface area contributed by atoms with Crippen molar-refractivity contribution in [3.63, 3.8) is 0 Å². The second kappa shape index (κ2) is 5.66. The van der Waals surface area contributed by atoms with Crippen LogP contribution in [0.1, 0.15) is 26.0 Å². The van der Waals surface area contributed by atoms with Gasteiger partial charge in [0.2, 0.25) is 0 Å². The van der Waals surface area contributed by atoms with Crippen molar-refractivity contribution < 1.29 is 0 Å². The number of nitrogens with two attached hydrogens (primary N) is 1. The minimum Gasteiger partial charge on any atom is -0.353 e. The second-order valence-electron chi connectivity index (χ2n) is 3.89. The first kappa shape index (κ1) is 11.9. The minimum absolute atomic E-state index is 0.423. The molecule has 1 aromatic rings. The second-order valence-corrected chi connectivity index (χ2v) is 3.89. The third-order valence-electron chi connectivity index (χ3n) is 2.35. The van der Waals surface area contributed by atoms with Gasteiger partial charge in [-0.2, -0.15) is 0 Å². The highest BCUT2D eigenvalue weighted by molar-refractivity contribution is 5.42. The van der Waals surface area contributed by atoms with E-state index in [1.54, 1.807) is 12.4 Å². The van der Waals surface area contributed by atoms with Crippen molar-refractivity contribution >= 4 is 5.82 Å². The molecule has 0 fully saturated rings. The fourth-order valence-corrected chi connectivity index (χ4v) is 1.55. The maximum Gasteiger partial charge on any atom is 0.150 e. The molecule has 4 nitrogen and oxygen atoms in total. The number of aromatic nitrogens is 2. The number of aryl methyl sites for hydroxylation is 1. The van der Waals surface area contributed by atoms with E-state index in [1.165, 1.54) is 0 Å². The van der Waals surface area contributed by atoms with E-state index < -0.39 is 0 Å². The van der Waals surface area contributed by atoms with Crippen LogP contribution in [0.4, 0.5) is 5.82 Å². The predicted molar refractivity (Wildman–Crippen MR) is 62.9 cm³/mol. The van der Waals surface area contributed by atoms with Gasteiger partial charge in [-0.25, -0.2) is 4.98 Å². The van der Waals surface area contributed by atoms with Crippen LogP contribution < -0.4 is 10.6 Å². The van der Waals surface area contributed by atoms with Gasteiger partial charge >= 0.3 is 0 Å². The first-order chi connectivity index (χ1) is 7.16. The summed E-state index contributed by atoms with van der Waals surface area (Å²) < 4.78 is 0. The molecule has 0 atom stereocenters. The summed E-state index contributed by atoms with van der Waals surface area (Å²) in [6.07, 6.45) is 4.44. The maximum absolute atomic E-state index is 5.53. The summed E-state index contributed by atoms with van der Waals surface area (Å²) in [6.45, 7) is 7.95. The number of hydrogen-bond acceptors (Lipinski definition) is 4. The molecule has 4 heteroatoms. The highest BCUT2D eigenvalue weighted by atomic mass is 15.2. The average molecular weight is 208 g/mol. The van der Waals surface area contributed by atoms with Crippen LogP contribution in [0.3, 0.4) is 0 Å². The van der Waals surface area contributed by atoms with Crippen molar-refractivity contribution in [2.45, 2.75) is 33.2 Å². The molecule has 0 aliphatic heterocycles. The summed E-state index contributed by atoms with van der Waals surface area (Å²) in [7, 11) is 0. The average Bonchev–Trinajstić information content (AvgIpc) is 2.20. The molecule has 0 spiro atoms. The third kappa shape index (κ3) is 3.16. The molecule has 84 valence electrons. The lowest BCUT2D eigenvalue weighted by Crippen LogP contribution is -2.34. The zero-order chi connectivity index (χ0) is 11.3. The number of nitrogens with zero attached hydrogens (tertiary/aromatic N) is 3. The van der Waals surface area contributed by atoms with E-state index in [0.717, 1.165) is 24.5 Å². The van der Waals surface area contributed by atoms with Crippen LogP contribution in [0.25, 0.3) is 0 Å². The molecule has 0 unspecified atom stereocenters. The van der Waals surface area contributed by atoms with E-state index >= 15 is 0 Å². The summed E-state index contributed by atoms with van der Waals surface area (Å²) in [5.41, 5.74) is 6.51. The van der Waals surface area contributed by atoms with Crippen LogP contribution in [-0.2, 0) is 0 Å². The van der Waals surface area contributed by atoms with Gasteiger partial charge in [-0.05, 0) is 33.7 Å². The Hall–Kier alpha value is -1.16. The van der Waals surface area contributed by atoms with E-state index in [0.29, 0.717) is 12.6 Å². The van der Waals surface area contributed by atoms with Crippen molar-refractivity contribution in [1.82, 2.24) is 9.97 Å². The number of anilines is 1. The maximum atomic E-state index is 5.53. The van der Waals surface area contributed by atoms with Crippen LogP contribution in [-0.4, -0.2) is 29.1 Å². The molecule has 0 radical (unpaired) electrons. The molecule has 15 heavy (non-hydrogen) atoms. The van der Waals surface area contributed by atoms with E-state index in [-0.39, 0.29) is 0 Å². The van der Waals surface area contributed by atoms with Gasteiger partial charge in [0.25, 0.3) is 0 Å². The van der Waals surface area contributed by atoms with Gasteiger partial charge in [-0.15, -0.1) is 0 Å². The monoisotopic (exact) mass is 208 g/mol. The molecule has 1 aromatic heterocycles. The Balaban J connectivity index is 2.84. The predicted octanol–water partition coefficient (Wildman–Crippen LogP) is 1.35. The molecule has 0 aromatic carbocycles. The molecule has 1 heterocycles. The van der Waals surface area contributed by atoms with E-state index in [4.69, 9.17) is 5.73 Å². The Morgan fingerprint density at radius 2 is 2.00 bits per heavy atom. The van der Waals surface area contributed by atoms with Crippen molar-refractivity contribution in [2.24, 2.45) is 5.73 Å². The summed E-state index contributed by atoms with van der Waals surface area (Å²) in [4.78, 5) is 10.9. The molecule has 0 bridgehead atoms. The topological polar surface area (TPSA) is 55.0 Å². The summed E-state index contributed by atoms with van der Waals surface area (Å²) >= 11 is 0. The quantitative estimate of drug-likeness (QED) is 0.793. The van der Waals surface area contributed by atoms with Gasteiger partial charge in [0, 0.05) is 25.0 Å². The van der Waals surface area contributed by atoms with Crippen LogP contribution in [0, 0.1) is 6.92 Å². The zero-order valence-corrected chi connectivity index (χ0v) is 9.77. The van der Waals surface area contributed by atoms with Crippen LogP contribution >= 0.6 is 0 Å². The summed E-state index contributed by atoms with van der Waals surface area (Å²) in [6, 6.07) is 0.423. The summed E-state index contributed by atoms with van der Waals surface area (Å²) in [5.74, 6) is 0.973. The molecule has 2 N–H and O–H groups in total. The van der Waals surface area contributed by atoms with E-state index in [1.807, 2.05) is 6.92 Å². The van der Waals surface area contributed by atoms with Crippen molar-refractivity contribution in [1.29, 1.82) is 0 Å². The van der Waals surface area contributed by atoms with Gasteiger partial charge in [-0.1, -0.05) is 0 Å². The molecular formula is C11H20N4. The van der Waals surface area contributed by atoms with Gasteiger partial charge in [0.1, 0.15) is 5.82 Å². The van der Waals surface area contributed by atoms with E-state index in [9.17, 15) is 0 Å². The minimum atomic E-state index is 0.423. The van der Waals surface area contributed by atoms with Gasteiger partial charge in [-0.3, -0.25) is 4.98 Å². The zero-order valence-electron chi connectivity index (χ0n) is 9.77. The van der Waals surface area contributed by atoms with Gasteiger partial charge in [0.15, 0.2) is 0 Å². The smallest absolute Gasteiger partial charge is 0.150 e. The number of rotatable bonds is 5. The van der Waals surface area contributed by atoms with Crippen LogP contribution in [0.5, 0.6) is 0 Å². The fraction of sp³-hybridized carbons (Fsp3) is 0.636. The molecule has 0 saturated heterocycles. The van der Waals surface area contributed by atoms with Crippen molar-refractivity contribution in [3.05, 3.63) is 18.1 Å². The lowest BCUT2D eigenvalue weighted by molar-refractivity contribution is 0.645. The Bertz CT molecular complexity index is 298. The molecule has 0 aliphatic carbocycles. The first-order valence-electron chi connectivity index (χ1n) is 5.41. The Labute approximate surface area is 91.5 Å². The lowest BCUT2D eigenvalue weighted by atomic mass is 10.2. The lowest BCUT2D eigenvalue weighted by Gasteiger charge is -2.28.